The molecule has 1 heterocycles. The van der Waals surface area contributed by atoms with Crippen LogP contribution in [0.3, 0.4) is 0 Å². The molecule has 0 amide bonds. The van der Waals surface area contributed by atoms with Crippen LogP contribution < -0.4 is 0 Å². The van der Waals surface area contributed by atoms with E-state index in [0.29, 0.717) is 18.1 Å². The Labute approximate surface area is 157 Å². The second-order valence-corrected chi connectivity index (χ2v) is 11.4. The molecule has 0 aliphatic rings. The topological polar surface area (TPSA) is 60.1 Å². The van der Waals surface area contributed by atoms with E-state index in [0.717, 1.165) is 12.2 Å². The van der Waals surface area contributed by atoms with Crippen molar-refractivity contribution < 1.29 is 8.85 Å². The Kier molecular flexibility index (Phi) is 6.40. The van der Waals surface area contributed by atoms with E-state index in [4.69, 9.17) is 14.1 Å². The van der Waals surface area contributed by atoms with Crippen LogP contribution in [0.1, 0.15) is 50.4 Å². The molecular weight excluding hydrogens is 342 g/mol. The molecule has 1 unspecified atom stereocenters. The van der Waals surface area contributed by atoms with E-state index in [1.54, 1.807) is 0 Å². The largest absolute Gasteiger partial charge is 0.390 e. The highest BCUT2D eigenvalue weighted by Gasteiger charge is 2.30. The van der Waals surface area contributed by atoms with E-state index in [1.807, 2.05) is 36.8 Å². The average Bonchev–Trinajstić information content (AvgIpc) is 2.98. The van der Waals surface area contributed by atoms with Gasteiger partial charge in [-0.25, -0.2) is 4.98 Å². The Morgan fingerprint density at radius 1 is 1.23 bits per heavy atom. The molecule has 6 heteroatoms. The predicted octanol–water partition coefficient (Wildman–Crippen LogP) is 4.59. The first-order valence-corrected chi connectivity index (χ1v) is 11.7. The summed E-state index contributed by atoms with van der Waals surface area (Å²) in [5, 5.41) is 8.92. The van der Waals surface area contributed by atoms with Crippen LogP contribution >= 0.6 is 0 Å². The van der Waals surface area contributed by atoms with Crippen molar-refractivity contribution in [3.63, 3.8) is 0 Å². The number of aromatic nitrogens is 2. The van der Waals surface area contributed by atoms with Crippen LogP contribution in [0.5, 0.6) is 0 Å². The van der Waals surface area contributed by atoms with Gasteiger partial charge in [-0.05, 0) is 57.5 Å². The number of rotatable bonds is 7. The van der Waals surface area contributed by atoms with Gasteiger partial charge in [0.05, 0.1) is 42.1 Å². The third-order valence-electron chi connectivity index (χ3n) is 4.00. The maximum Gasteiger partial charge on any atom is 0.332 e. The zero-order chi connectivity index (χ0) is 19.4. The first-order valence-electron chi connectivity index (χ1n) is 8.93. The Bertz CT molecular complexity index is 755. The molecule has 1 aromatic carbocycles. The fourth-order valence-corrected chi connectivity index (χ4v) is 4.96. The molecule has 0 fully saturated rings. The third-order valence-corrected chi connectivity index (χ3v) is 5.94. The molecular formula is C20H29N3O2Si. The van der Waals surface area contributed by atoms with Crippen LogP contribution in [0.2, 0.25) is 13.1 Å². The maximum absolute atomic E-state index is 8.92. The summed E-state index contributed by atoms with van der Waals surface area (Å²) in [5.41, 5.74) is 2.72. The van der Waals surface area contributed by atoms with Gasteiger partial charge in [0.25, 0.3) is 0 Å². The Morgan fingerprint density at radius 2 is 1.88 bits per heavy atom. The molecule has 0 spiro atoms. The maximum atomic E-state index is 8.92. The van der Waals surface area contributed by atoms with Gasteiger partial charge in [0.15, 0.2) is 0 Å². The van der Waals surface area contributed by atoms with Crippen molar-refractivity contribution in [1.82, 2.24) is 9.55 Å². The van der Waals surface area contributed by atoms with E-state index in [1.165, 1.54) is 5.56 Å². The van der Waals surface area contributed by atoms with Crippen molar-refractivity contribution in [2.75, 3.05) is 0 Å². The van der Waals surface area contributed by atoms with E-state index < -0.39 is 8.56 Å². The molecule has 2 rings (SSSR count). The molecule has 0 saturated carbocycles. The molecule has 140 valence electrons. The molecule has 0 saturated heterocycles. The number of nitrogens with zero attached hydrogens (tertiary/aromatic N) is 3. The van der Waals surface area contributed by atoms with Crippen molar-refractivity contribution in [1.29, 1.82) is 5.26 Å². The van der Waals surface area contributed by atoms with Gasteiger partial charge in [-0.15, -0.1) is 0 Å². The first-order chi connectivity index (χ1) is 12.1. The summed E-state index contributed by atoms with van der Waals surface area (Å²) in [5.74, 6) is 0.312. The minimum Gasteiger partial charge on any atom is -0.390 e. The fourth-order valence-electron chi connectivity index (χ4n) is 2.93. The van der Waals surface area contributed by atoms with Crippen LogP contribution in [0.4, 0.5) is 0 Å². The smallest absolute Gasteiger partial charge is 0.332 e. The second-order valence-electron chi connectivity index (χ2n) is 8.08. The zero-order valence-electron chi connectivity index (χ0n) is 16.6. The summed E-state index contributed by atoms with van der Waals surface area (Å²) in [7, 11) is -2.20. The molecule has 1 atom stereocenters. The number of imidazole rings is 1. The minimum absolute atomic E-state index is 0.208. The third kappa shape index (κ3) is 6.10. The van der Waals surface area contributed by atoms with Crippen LogP contribution in [0.25, 0.3) is 0 Å². The molecule has 5 nitrogen and oxygen atoms in total. The SMILES string of the molecule is CC(Cn1cncc1CO[Si](C)(C)OC(C)(C)C)c1ccc(C#N)cc1. The fraction of sp³-hybridized carbons (Fsp3) is 0.500. The van der Waals surface area contributed by atoms with Crippen molar-refractivity contribution in [2.45, 2.75) is 65.5 Å². The van der Waals surface area contributed by atoms with Gasteiger partial charge in [0.1, 0.15) is 0 Å². The highest BCUT2D eigenvalue weighted by Crippen LogP contribution is 2.21. The van der Waals surface area contributed by atoms with Gasteiger partial charge in [0, 0.05) is 6.54 Å². The highest BCUT2D eigenvalue weighted by atomic mass is 28.4. The molecule has 26 heavy (non-hydrogen) atoms. The molecule has 0 aliphatic heterocycles. The molecule has 0 bridgehead atoms. The van der Waals surface area contributed by atoms with E-state index in [9.17, 15) is 0 Å². The standard InChI is InChI=1S/C20H29N3O2Si/c1-16(18-9-7-17(11-21)8-10-18)13-23-15-22-12-19(23)14-24-26(5,6)25-20(2,3)4/h7-10,12,15-16H,13-14H2,1-6H3. The van der Waals surface area contributed by atoms with Gasteiger partial charge in [-0.1, -0.05) is 19.1 Å². The summed E-state index contributed by atoms with van der Waals surface area (Å²) in [6, 6.07) is 9.92. The highest BCUT2D eigenvalue weighted by molar-refractivity contribution is 6.64. The van der Waals surface area contributed by atoms with Crippen molar-refractivity contribution in [2.24, 2.45) is 0 Å². The summed E-state index contributed by atoms with van der Waals surface area (Å²) in [6.07, 6.45) is 3.70. The normalized spacial score (nSPS) is 13.4. The van der Waals surface area contributed by atoms with Gasteiger partial charge < -0.3 is 13.4 Å². The Morgan fingerprint density at radius 3 is 2.46 bits per heavy atom. The van der Waals surface area contributed by atoms with E-state index in [-0.39, 0.29) is 5.60 Å². The zero-order valence-corrected chi connectivity index (χ0v) is 17.6. The molecule has 0 N–H and O–H groups in total. The van der Waals surface area contributed by atoms with Crippen molar-refractivity contribution >= 4 is 8.56 Å². The predicted molar refractivity (Wildman–Crippen MR) is 105 cm³/mol. The number of hydrogen-bond donors (Lipinski definition) is 0. The van der Waals surface area contributed by atoms with Gasteiger partial charge in [-0.3, -0.25) is 0 Å². The minimum atomic E-state index is -2.20. The van der Waals surface area contributed by atoms with Gasteiger partial charge in [-0.2, -0.15) is 5.26 Å². The summed E-state index contributed by atoms with van der Waals surface area (Å²) >= 11 is 0. The van der Waals surface area contributed by atoms with E-state index >= 15 is 0 Å². The lowest BCUT2D eigenvalue weighted by Gasteiger charge is -2.31. The molecule has 0 aliphatic carbocycles. The Hall–Kier alpha value is -1.94. The van der Waals surface area contributed by atoms with Crippen LogP contribution in [-0.4, -0.2) is 23.7 Å². The number of nitriles is 1. The van der Waals surface area contributed by atoms with Crippen LogP contribution in [0, 0.1) is 11.3 Å². The van der Waals surface area contributed by atoms with Crippen LogP contribution in [-0.2, 0) is 22.0 Å². The lowest BCUT2D eigenvalue weighted by Crippen LogP contribution is -2.42. The Balaban J connectivity index is 2.00. The van der Waals surface area contributed by atoms with Crippen molar-refractivity contribution in [3.05, 3.63) is 53.6 Å². The summed E-state index contributed by atoms with van der Waals surface area (Å²) < 4.78 is 14.4. The lowest BCUT2D eigenvalue weighted by atomic mass is 10.00. The summed E-state index contributed by atoms with van der Waals surface area (Å²) in [6.45, 7) is 13.8. The molecule has 0 radical (unpaired) electrons. The molecule has 1 aromatic heterocycles. The lowest BCUT2D eigenvalue weighted by molar-refractivity contribution is 0.0652. The van der Waals surface area contributed by atoms with Gasteiger partial charge >= 0.3 is 8.56 Å². The quantitative estimate of drug-likeness (QED) is 0.668. The first kappa shape index (κ1) is 20.4. The number of hydrogen-bond acceptors (Lipinski definition) is 4. The van der Waals surface area contributed by atoms with Crippen LogP contribution in [0.15, 0.2) is 36.8 Å². The number of benzene rings is 1. The van der Waals surface area contributed by atoms with Gasteiger partial charge in [0.2, 0.25) is 0 Å². The average molecular weight is 372 g/mol. The summed E-state index contributed by atoms with van der Waals surface area (Å²) in [4.78, 5) is 4.29. The second kappa shape index (κ2) is 8.17. The van der Waals surface area contributed by atoms with Crippen molar-refractivity contribution in [3.8, 4) is 6.07 Å². The monoisotopic (exact) mass is 371 g/mol. The van der Waals surface area contributed by atoms with E-state index in [2.05, 4.69) is 56.4 Å². The molecule has 2 aromatic rings.